The van der Waals surface area contributed by atoms with Crippen molar-refractivity contribution in [2.75, 3.05) is 19.7 Å². The number of ether oxygens (including phenoxy) is 1. The minimum atomic E-state index is 0.530. The van der Waals surface area contributed by atoms with E-state index in [1.165, 1.54) is 12.2 Å². The van der Waals surface area contributed by atoms with E-state index in [4.69, 9.17) is 4.74 Å². The van der Waals surface area contributed by atoms with Gasteiger partial charge < -0.3 is 10.1 Å². The second-order valence-electron chi connectivity index (χ2n) is 8.40. The Bertz CT molecular complexity index is 470. The Balaban J connectivity index is 2.21. The van der Waals surface area contributed by atoms with Crippen LogP contribution in [0.4, 0.5) is 0 Å². The van der Waals surface area contributed by atoms with Crippen molar-refractivity contribution < 1.29 is 4.74 Å². The van der Waals surface area contributed by atoms with E-state index in [0.717, 1.165) is 26.1 Å². The second-order valence-corrected chi connectivity index (χ2v) is 8.40. The van der Waals surface area contributed by atoms with Gasteiger partial charge in [0.15, 0.2) is 0 Å². The summed E-state index contributed by atoms with van der Waals surface area (Å²) in [7, 11) is 0. The van der Waals surface area contributed by atoms with Crippen LogP contribution in [-0.2, 0) is 4.74 Å². The fourth-order valence-corrected chi connectivity index (χ4v) is 4.50. The molecule has 0 aromatic carbocycles. The van der Waals surface area contributed by atoms with Gasteiger partial charge in [-0.1, -0.05) is 59.6 Å². The summed E-state index contributed by atoms with van der Waals surface area (Å²) in [6, 6.07) is 0. The van der Waals surface area contributed by atoms with E-state index in [0.29, 0.717) is 29.6 Å². The molecule has 23 heavy (non-hydrogen) atoms. The molecule has 2 aliphatic heterocycles. The third-order valence-corrected chi connectivity index (χ3v) is 5.56. The molecule has 2 heterocycles. The Morgan fingerprint density at radius 2 is 1.61 bits per heavy atom. The predicted octanol–water partition coefficient (Wildman–Crippen LogP) is 5.17. The van der Waals surface area contributed by atoms with Crippen LogP contribution in [0.15, 0.2) is 22.5 Å². The molecule has 132 valence electrons. The predicted molar refractivity (Wildman–Crippen MR) is 99.3 cm³/mol. The molecule has 2 rings (SSSR count). The van der Waals surface area contributed by atoms with Crippen molar-refractivity contribution in [1.29, 1.82) is 0 Å². The first-order chi connectivity index (χ1) is 10.8. The second kappa shape index (κ2) is 7.88. The quantitative estimate of drug-likeness (QED) is 0.682. The van der Waals surface area contributed by atoms with Crippen molar-refractivity contribution in [3.8, 4) is 0 Å². The summed E-state index contributed by atoms with van der Waals surface area (Å²) in [4.78, 5) is 0. The highest BCUT2D eigenvalue weighted by Gasteiger charge is 2.30. The summed E-state index contributed by atoms with van der Waals surface area (Å²) in [6.07, 6.45) is 2.34. The number of hydrogen-bond acceptors (Lipinski definition) is 2. The van der Waals surface area contributed by atoms with Crippen molar-refractivity contribution in [2.45, 2.75) is 61.3 Å². The molecule has 0 aromatic heterocycles. The maximum absolute atomic E-state index is 6.04. The summed E-state index contributed by atoms with van der Waals surface area (Å²) in [5, 5.41) is 3.67. The minimum Gasteiger partial charge on any atom is -0.497 e. The van der Waals surface area contributed by atoms with Crippen LogP contribution in [0, 0.1) is 29.6 Å². The lowest BCUT2D eigenvalue weighted by Gasteiger charge is -2.35. The largest absolute Gasteiger partial charge is 0.497 e. The Morgan fingerprint density at radius 3 is 2.17 bits per heavy atom. The first kappa shape index (κ1) is 18.6. The Morgan fingerprint density at radius 1 is 0.957 bits per heavy atom. The molecule has 0 fully saturated rings. The Labute approximate surface area is 143 Å². The van der Waals surface area contributed by atoms with Crippen LogP contribution in [0.1, 0.15) is 61.3 Å². The molecule has 2 nitrogen and oxygen atoms in total. The first-order valence-corrected chi connectivity index (χ1v) is 9.62. The molecular formula is C21H37NO. The molecule has 0 amide bonds. The van der Waals surface area contributed by atoms with Gasteiger partial charge in [0.25, 0.3) is 0 Å². The fourth-order valence-electron chi connectivity index (χ4n) is 4.50. The minimum absolute atomic E-state index is 0.530. The molecule has 0 aliphatic carbocycles. The van der Waals surface area contributed by atoms with E-state index in [-0.39, 0.29) is 0 Å². The maximum atomic E-state index is 6.04. The van der Waals surface area contributed by atoms with Crippen LogP contribution in [-0.4, -0.2) is 19.7 Å². The average Bonchev–Trinajstić information content (AvgIpc) is 2.96. The average molecular weight is 320 g/mol. The molecule has 0 aromatic rings. The van der Waals surface area contributed by atoms with Gasteiger partial charge in [0, 0.05) is 25.4 Å². The lowest BCUT2D eigenvalue weighted by atomic mass is 9.76. The molecule has 2 heteroatoms. The van der Waals surface area contributed by atoms with Gasteiger partial charge in [-0.3, -0.25) is 0 Å². The zero-order valence-corrected chi connectivity index (χ0v) is 16.3. The normalized spacial score (nSPS) is 24.2. The molecule has 0 saturated heterocycles. The zero-order valence-electron chi connectivity index (χ0n) is 16.3. The summed E-state index contributed by atoms with van der Waals surface area (Å²) in [5.74, 6) is 4.40. The summed E-state index contributed by atoms with van der Waals surface area (Å²) < 4.78 is 6.04. The summed E-state index contributed by atoms with van der Waals surface area (Å²) in [5.41, 5.74) is 4.92. The van der Waals surface area contributed by atoms with Crippen molar-refractivity contribution >= 4 is 0 Å². The van der Waals surface area contributed by atoms with Crippen molar-refractivity contribution in [1.82, 2.24) is 5.32 Å². The standard InChI is InChI=1S/C21H37NO/c1-13(2)18-8-9-23-21(18)16(7)10-17-11-22-12-19(14(3)4)20(17)15(5)6/h13-17,22H,8-12H2,1-7H3. The van der Waals surface area contributed by atoms with Crippen LogP contribution in [0.2, 0.25) is 0 Å². The van der Waals surface area contributed by atoms with E-state index in [1.54, 1.807) is 16.7 Å². The van der Waals surface area contributed by atoms with Crippen LogP contribution in [0.5, 0.6) is 0 Å². The van der Waals surface area contributed by atoms with Gasteiger partial charge in [-0.2, -0.15) is 0 Å². The van der Waals surface area contributed by atoms with Crippen LogP contribution < -0.4 is 5.32 Å². The lowest BCUT2D eigenvalue weighted by Crippen LogP contribution is -2.36. The number of allylic oxidation sites excluding steroid dienone is 1. The van der Waals surface area contributed by atoms with E-state index >= 15 is 0 Å². The third kappa shape index (κ3) is 4.21. The Hall–Kier alpha value is -0.760. The van der Waals surface area contributed by atoms with Crippen LogP contribution in [0.25, 0.3) is 0 Å². The zero-order chi connectivity index (χ0) is 17.1. The molecule has 0 bridgehead atoms. The monoisotopic (exact) mass is 319 g/mol. The van der Waals surface area contributed by atoms with Crippen molar-refractivity contribution in [2.24, 2.45) is 29.6 Å². The number of hydrogen-bond donors (Lipinski definition) is 1. The smallest absolute Gasteiger partial charge is 0.0984 e. The number of nitrogens with one attached hydrogen (secondary N) is 1. The van der Waals surface area contributed by atoms with Gasteiger partial charge >= 0.3 is 0 Å². The summed E-state index contributed by atoms with van der Waals surface area (Å²) in [6.45, 7) is 19.5. The SMILES string of the molecule is CC(C)C1=C(C(C)CC2CNCC(C(C)C)=C2C(C)C)OCC1. The molecule has 2 atom stereocenters. The summed E-state index contributed by atoms with van der Waals surface area (Å²) >= 11 is 0. The molecule has 0 spiro atoms. The van der Waals surface area contributed by atoms with E-state index in [9.17, 15) is 0 Å². The van der Waals surface area contributed by atoms with Gasteiger partial charge in [-0.25, -0.2) is 0 Å². The highest BCUT2D eigenvalue weighted by molar-refractivity contribution is 5.26. The number of rotatable bonds is 6. The third-order valence-electron chi connectivity index (χ3n) is 5.56. The highest BCUT2D eigenvalue weighted by Crippen LogP contribution is 2.38. The first-order valence-electron chi connectivity index (χ1n) is 9.62. The molecule has 2 aliphatic rings. The van der Waals surface area contributed by atoms with Gasteiger partial charge in [0.2, 0.25) is 0 Å². The Kier molecular flexibility index (Phi) is 6.36. The van der Waals surface area contributed by atoms with Crippen molar-refractivity contribution in [3.05, 3.63) is 22.5 Å². The molecule has 0 saturated carbocycles. The van der Waals surface area contributed by atoms with E-state index in [1.807, 2.05) is 0 Å². The molecule has 0 radical (unpaired) electrons. The van der Waals surface area contributed by atoms with Crippen LogP contribution >= 0.6 is 0 Å². The lowest BCUT2D eigenvalue weighted by molar-refractivity contribution is 0.199. The topological polar surface area (TPSA) is 21.3 Å². The van der Waals surface area contributed by atoms with Gasteiger partial charge in [-0.05, 0) is 35.7 Å². The molecular weight excluding hydrogens is 282 g/mol. The maximum Gasteiger partial charge on any atom is 0.0984 e. The van der Waals surface area contributed by atoms with Gasteiger partial charge in [-0.15, -0.1) is 0 Å². The van der Waals surface area contributed by atoms with E-state index in [2.05, 4.69) is 53.8 Å². The molecule has 1 N–H and O–H groups in total. The van der Waals surface area contributed by atoms with Crippen LogP contribution in [0.3, 0.4) is 0 Å². The van der Waals surface area contributed by atoms with Gasteiger partial charge in [0.1, 0.15) is 0 Å². The van der Waals surface area contributed by atoms with Gasteiger partial charge in [0.05, 0.1) is 12.4 Å². The fraction of sp³-hybridized carbons (Fsp3) is 0.810. The molecule has 2 unspecified atom stereocenters. The highest BCUT2D eigenvalue weighted by atomic mass is 16.5. The van der Waals surface area contributed by atoms with Crippen molar-refractivity contribution in [3.63, 3.8) is 0 Å². The van der Waals surface area contributed by atoms with E-state index < -0.39 is 0 Å².